The summed E-state index contributed by atoms with van der Waals surface area (Å²) in [5, 5.41) is 0. The van der Waals surface area contributed by atoms with E-state index in [1.54, 1.807) is 0 Å². The van der Waals surface area contributed by atoms with Crippen LogP contribution in [0.15, 0.2) is 72.9 Å². The van der Waals surface area contributed by atoms with Gasteiger partial charge in [0, 0.05) is 19.3 Å². The summed E-state index contributed by atoms with van der Waals surface area (Å²) in [5.74, 6) is -0.905. The summed E-state index contributed by atoms with van der Waals surface area (Å²) in [6.45, 7) is 6.59. The van der Waals surface area contributed by atoms with Crippen LogP contribution >= 0.6 is 0 Å². The van der Waals surface area contributed by atoms with Crippen LogP contribution in [0.2, 0.25) is 0 Å². The van der Waals surface area contributed by atoms with Crippen LogP contribution in [0.1, 0.15) is 303 Å². The van der Waals surface area contributed by atoms with Gasteiger partial charge in [0.1, 0.15) is 13.2 Å². The van der Waals surface area contributed by atoms with E-state index in [0.717, 1.165) is 89.9 Å². The summed E-state index contributed by atoms with van der Waals surface area (Å²) in [4.78, 5) is 38.3. The van der Waals surface area contributed by atoms with E-state index in [9.17, 15) is 14.4 Å². The fraction of sp³-hybridized carbons (Fsp3) is 0.769. The maximum atomic E-state index is 12.9. The minimum atomic E-state index is -0.790. The molecule has 0 amide bonds. The molecule has 0 aromatic carbocycles. The monoisotopic (exact) mass is 991 g/mol. The Labute approximate surface area is 440 Å². The SMILES string of the molecule is CCCCC/C=C\C/C=C\C/C=C\CCCCCCC(=O)OC[C@@H](COC(=O)CCCCCCCCCCC/C=C\C/C=C\CCCCC)OC(=O)CCCCCCCCC/C=C\CCCCCCCC. The zero-order valence-electron chi connectivity index (χ0n) is 47.0. The fourth-order valence-electron chi connectivity index (χ4n) is 8.53. The van der Waals surface area contributed by atoms with Crippen molar-refractivity contribution in [2.75, 3.05) is 13.2 Å². The molecule has 0 fully saturated rings. The minimum Gasteiger partial charge on any atom is -0.462 e. The van der Waals surface area contributed by atoms with E-state index in [2.05, 4.69) is 93.7 Å². The van der Waals surface area contributed by atoms with E-state index in [0.29, 0.717) is 19.3 Å². The standard InChI is InChI=1S/C65H114O6/c1-4-7-10-13-16-19-22-25-28-31-32-35-37-40-43-46-49-52-55-58-64(67)70-61-62(71-65(68)59-56-53-50-47-44-41-38-34-30-27-24-21-18-15-12-9-6-3)60-69-63(66)57-54-51-48-45-42-39-36-33-29-26-23-20-17-14-11-8-5-2/h16-17,19-20,25-30,36,39,62H,4-15,18,21-24,31-35,37-38,40-61H2,1-3H3/b19-16-,20-17-,28-25-,29-26-,30-27-,39-36-/t62-/m0/s1. The Morgan fingerprint density at radius 2 is 0.507 bits per heavy atom. The highest BCUT2D eigenvalue weighted by Crippen LogP contribution is 2.15. The molecule has 0 saturated carbocycles. The molecule has 0 bridgehead atoms. The third-order valence-electron chi connectivity index (χ3n) is 13.2. The molecule has 0 unspecified atom stereocenters. The van der Waals surface area contributed by atoms with Gasteiger partial charge in [0.25, 0.3) is 0 Å². The lowest BCUT2D eigenvalue weighted by Gasteiger charge is -2.18. The van der Waals surface area contributed by atoms with Crippen LogP contribution in [0, 0.1) is 0 Å². The maximum Gasteiger partial charge on any atom is 0.306 e. The Kier molecular flexibility index (Phi) is 56.8. The molecule has 0 aromatic heterocycles. The van der Waals surface area contributed by atoms with Crippen molar-refractivity contribution in [3.8, 4) is 0 Å². The molecule has 6 nitrogen and oxygen atoms in total. The van der Waals surface area contributed by atoms with Crippen molar-refractivity contribution in [2.24, 2.45) is 0 Å². The number of rotatable bonds is 55. The number of hydrogen-bond donors (Lipinski definition) is 0. The molecule has 410 valence electrons. The van der Waals surface area contributed by atoms with Gasteiger partial charge in [-0.3, -0.25) is 14.4 Å². The number of ether oxygens (including phenoxy) is 3. The summed E-state index contributed by atoms with van der Waals surface area (Å²) >= 11 is 0. The fourth-order valence-corrected chi connectivity index (χ4v) is 8.53. The predicted octanol–water partition coefficient (Wildman–Crippen LogP) is 20.5. The highest BCUT2D eigenvalue weighted by molar-refractivity contribution is 5.71. The van der Waals surface area contributed by atoms with Crippen molar-refractivity contribution in [2.45, 2.75) is 309 Å². The first kappa shape index (κ1) is 67.8. The number of carbonyl (C=O) groups is 3. The molecule has 0 radical (unpaired) electrons. The predicted molar refractivity (Wildman–Crippen MR) is 307 cm³/mol. The number of hydrogen-bond acceptors (Lipinski definition) is 6. The molecule has 0 aliphatic carbocycles. The third-order valence-corrected chi connectivity index (χ3v) is 13.2. The van der Waals surface area contributed by atoms with Crippen LogP contribution in [0.25, 0.3) is 0 Å². The van der Waals surface area contributed by atoms with E-state index in [1.807, 2.05) is 0 Å². The van der Waals surface area contributed by atoms with Gasteiger partial charge >= 0.3 is 17.9 Å². The second-order valence-electron chi connectivity index (χ2n) is 20.2. The molecule has 6 heteroatoms. The molecular formula is C65H114O6. The normalized spacial score (nSPS) is 12.5. The number of esters is 3. The molecule has 0 spiro atoms. The lowest BCUT2D eigenvalue weighted by molar-refractivity contribution is -0.167. The van der Waals surface area contributed by atoms with E-state index in [-0.39, 0.29) is 31.1 Å². The van der Waals surface area contributed by atoms with Gasteiger partial charge < -0.3 is 14.2 Å². The van der Waals surface area contributed by atoms with E-state index in [1.165, 1.54) is 173 Å². The molecule has 0 heterocycles. The Morgan fingerprint density at radius 1 is 0.282 bits per heavy atom. The van der Waals surface area contributed by atoms with Crippen LogP contribution in [0.3, 0.4) is 0 Å². The summed E-state index contributed by atoms with van der Waals surface area (Å²) < 4.78 is 16.9. The van der Waals surface area contributed by atoms with Crippen molar-refractivity contribution < 1.29 is 28.6 Å². The topological polar surface area (TPSA) is 78.9 Å². The minimum absolute atomic E-state index is 0.0858. The van der Waals surface area contributed by atoms with Crippen molar-refractivity contribution >= 4 is 17.9 Å². The lowest BCUT2D eigenvalue weighted by Crippen LogP contribution is -2.30. The molecule has 0 aliphatic heterocycles. The second-order valence-corrected chi connectivity index (χ2v) is 20.2. The average Bonchev–Trinajstić information content (AvgIpc) is 3.37. The highest BCUT2D eigenvalue weighted by atomic mass is 16.6. The van der Waals surface area contributed by atoms with Crippen LogP contribution in [-0.4, -0.2) is 37.2 Å². The first-order valence-corrected chi connectivity index (χ1v) is 30.4. The van der Waals surface area contributed by atoms with Crippen LogP contribution < -0.4 is 0 Å². The van der Waals surface area contributed by atoms with Gasteiger partial charge in [-0.15, -0.1) is 0 Å². The molecular weight excluding hydrogens is 877 g/mol. The van der Waals surface area contributed by atoms with Crippen LogP contribution in [0.4, 0.5) is 0 Å². The first-order chi connectivity index (χ1) is 35.0. The maximum absolute atomic E-state index is 12.9. The van der Waals surface area contributed by atoms with Crippen molar-refractivity contribution in [3.63, 3.8) is 0 Å². The smallest absolute Gasteiger partial charge is 0.306 e. The van der Waals surface area contributed by atoms with Crippen molar-refractivity contribution in [1.82, 2.24) is 0 Å². The average molecular weight is 992 g/mol. The molecule has 0 rings (SSSR count). The van der Waals surface area contributed by atoms with Crippen molar-refractivity contribution in [1.29, 1.82) is 0 Å². The van der Waals surface area contributed by atoms with E-state index in [4.69, 9.17) is 14.2 Å². The van der Waals surface area contributed by atoms with Gasteiger partial charge in [-0.2, -0.15) is 0 Å². The van der Waals surface area contributed by atoms with Crippen LogP contribution in [0.5, 0.6) is 0 Å². The Morgan fingerprint density at radius 3 is 0.831 bits per heavy atom. The number of unbranched alkanes of at least 4 members (excludes halogenated alkanes) is 32. The second kappa shape index (κ2) is 59.4. The Balaban J connectivity index is 4.42. The molecule has 71 heavy (non-hydrogen) atoms. The molecule has 0 saturated heterocycles. The summed E-state index contributed by atoms with van der Waals surface area (Å²) in [5.41, 5.74) is 0. The van der Waals surface area contributed by atoms with Crippen LogP contribution in [-0.2, 0) is 28.6 Å². The summed E-state index contributed by atoms with van der Waals surface area (Å²) in [6, 6.07) is 0. The van der Waals surface area contributed by atoms with Gasteiger partial charge in [0.05, 0.1) is 0 Å². The number of allylic oxidation sites excluding steroid dienone is 12. The summed E-state index contributed by atoms with van der Waals surface area (Å²) in [6.07, 6.45) is 76.0. The van der Waals surface area contributed by atoms with E-state index >= 15 is 0 Å². The zero-order chi connectivity index (χ0) is 51.4. The zero-order valence-corrected chi connectivity index (χ0v) is 47.0. The number of carbonyl (C=O) groups excluding carboxylic acids is 3. The molecule has 1 atom stereocenters. The van der Waals surface area contributed by atoms with E-state index < -0.39 is 6.10 Å². The Hall–Kier alpha value is -3.15. The van der Waals surface area contributed by atoms with Gasteiger partial charge in [0.15, 0.2) is 6.10 Å². The van der Waals surface area contributed by atoms with Gasteiger partial charge in [-0.05, 0) is 116 Å². The highest BCUT2D eigenvalue weighted by Gasteiger charge is 2.19. The van der Waals surface area contributed by atoms with Gasteiger partial charge in [-0.1, -0.05) is 241 Å². The quantitative estimate of drug-likeness (QED) is 0.0261. The van der Waals surface area contributed by atoms with Gasteiger partial charge in [0.2, 0.25) is 0 Å². The largest absolute Gasteiger partial charge is 0.462 e. The van der Waals surface area contributed by atoms with Crippen molar-refractivity contribution in [3.05, 3.63) is 72.9 Å². The Bertz CT molecular complexity index is 1320. The van der Waals surface area contributed by atoms with Gasteiger partial charge in [-0.25, -0.2) is 0 Å². The first-order valence-electron chi connectivity index (χ1n) is 30.4. The molecule has 0 aromatic rings. The lowest BCUT2D eigenvalue weighted by atomic mass is 10.1. The molecule has 0 aliphatic rings. The molecule has 0 N–H and O–H groups in total. The third kappa shape index (κ3) is 57.6. The summed E-state index contributed by atoms with van der Waals surface area (Å²) in [7, 11) is 0.